The highest BCUT2D eigenvalue weighted by Crippen LogP contribution is 2.24. The molecular weight excluding hydrogens is 250 g/mol. The summed E-state index contributed by atoms with van der Waals surface area (Å²) in [5.41, 5.74) is 0.850. The minimum Gasteiger partial charge on any atom is -0.393 e. The third-order valence-electron chi connectivity index (χ3n) is 3.66. The van der Waals surface area contributed by atoms with Crippen LogP contribution in [0.4, 0.5) is 0 Å². The second-order valence-corrected chi connectivity index (χ2v) is 5.56. The van der Waals surface area contributed by atoms with Crippen molar-refractivity contribution in [3.8, 4) is 0 Å². The Balaban J connectivity index is 1.90. The van der Waals surface area contributed by atoms with E-state index in [0.717, 1.165) is 25.1 Å². The van der Waals surface area contributed by atoms with E-state index in [1.54, 1.807) is 12.1 Å². The summed E-state index contributed by atoms with van der Waals surface area (Å²) in [6, 6.07) is 7.34. The Morgan fingerprint density at radius 3 is 2.83 bits per heavy atom. The summed E-state index contributed by atoms with van der Waals surface area (Å²) < 4.78 is 0. The van der Waals surface area contributed by atoms with Crippen LogP contribution in [-0.2, 0) is 0 Å². The highest BCUT2D eigenvalue weighted by Gasteiger charge is 2.27. The predicted molar refractivity (Wildman–Crippen MR) is 72.6 cm³/mol. The molecule has 0 aliphatic carbocycles. The normalized spacial score (nSPS) is 24.1. The van der Waals surface area contributed by atoms with Crippen molar-refractivity contribution in [1.29, 1.82) is 0 Å². The zero-order valence-electron chi connectivity index (χ0n) is 10.6. The van der Waals surface area contributed by atoms with Crippen LogP contribution in [0.3, 0.4) is 0 Å². The fraction of sp³-hybridized carbons (Fsp3) is 0.571. The van der Waals surface area contributed by atoms with E-state index in [1.807, 2.05) is 19.1 Å². The van der Waals surface area contributed by atoms with Crippen molar-refractivity contribution in [2.24, 2.45) is 5.92 Å². The lowest BCUT2D eigenvalue weighted by Gasteiger charge is -2.21. The maximum absolute atomic E-state index is 10.2. The van der Waals surface area contributed by atoms with Gasteiger partial charge in [-0.25, -0.2) is 0 Å². The minimum absolute atomic E-state index is 0.265. The second kappa shape index (κ2) is 6.02. The van der Waals surface area contributed by atoms with Crippen LogP contribution in [0.5, 0.6) is 0 Å². The molecule has 18 heavy (non-hydrogen) atoms. The first kappa shape index (κ1) is 13.8. The van der Waals surface area contributed by atoms with Gasteiger partial charge in [0.2, 0.25) is 0 Å². The number of halogens is 1. The standard InChI is InChI=1S/C14H20ClNO2/c1-10(17)12-5-6-16(8-12)9-14(18)11-3-2-4-13(15)7-11/h2-4,7,10,12,14,17-18H,5-6,8-9H2,1H3. The molecule has 0 aromatic heterocycles. The summed E-state index contributed by atoms with van der Waals surface area (Å²) in [6.45, 7) is 4.23. The van der Waals surface area contributed by atoms with E-state index in [1.165, 1.54) is 0 Å². The van der Waals surface area contributed by atoms with Gasteiger partial charge in [-0.1, -0.05) is 23.7 Å². The van der Waals surface area contributed by atoms with Crippen LogP contribution in [0.2, 0.25) is 5.02 Å². The van der Waals surface area contributed by atoms with Crippen molar-refractivity contribution >= 4 is 11.6 Å². The Morgan fingerprint density at radius 1 is 1.44 bits per heavy atom. The van der Waals surface area contributed by atoms with Crippen molar-refractivity contribution in [2.45, 2.75) is 25.6 Å². The fourth-order valence-corrected chi connectivity index (χ4v) is 2.68. The molecule has 0 amide bonds. The van der Waals surface area contributed by atoms with E-state index in [2.05, 4.69) is 4.90 Å². The number of nitrogens with zero attached hydrogens (tertiary/aromatic N) is 1. The van der Waals surface area contributed by atoms with Crippen LogP contribution < -0.4 is 0 Å². The van der Waals surface area contributed by atoms with Crippen LogP contribution in [0.15, 0.2) is 24.3 Å². The smallest absolute Gasteiger partial charge is 0.0917 e. The zero-order chi connectivity index (χ0) is 13.1. The molecule has 3 atom stereocenters. The quantitative estimate of drug-likeness (QED) is 0.880. The van der Waals surface area contributed by atoms with Gasteiger partial charge in [0.1, 0.15) is 0 Å². The first-order valence-corrected chi connectivity index (χ1v) is 6.78. The van der Waals surface area contributed by atoms with E-state index < -0.39 is 6.10 Å². The van der Waals surface area contributed by atoms with Gasteiger partial charge in [0.25, 0.3) is 0 Å². The number of β-amino-alcohol motifs (C(OH)–C–C–N with tert-alkyl or cyclic N) is 1. The van der Waals surface area contributed by atoms with Gasteiger partial charge in [-0.2, -0.15) is 0 Å². The first-order chi connectivity index (χ1) is 8.56. The van der Waals surface area contributed by atoms with Crippen molar-refractivity contribution < 1.29 is 10.2 Å². The number of rotatable bonds is 4. The molecule has 3 unspecified atom stereocenters. The largest absolute Gasteiger partial charge is 0.393 e. The summed E-state index contributed by atoms with van der Waals surface area (Å²) in [5.74, 6) is 0.330. The first-order valence-electron chi connectivity index (χ1n) is 6.40. The van der Waals surface area contributed by atoms with Crippen molar-refractivity contribution in [3.05, 3.63) is 34.9 Å². The van der Waals surface area contributed by atoms with Crippen LogP contribution in [-0.4, -0.2) is 40.9 Å². The summed E-state index contributed by atoms with van der Waals surface area (Å²) >= 11 is 5.91. The number of hydrogen-bond acceptors (Lipinski definition) is 3. The van der Waals surface area contributed by atoms with Crippen LogP contribution >= 0.6 is 11.6 Å². The molecule has 1 aliphatic rings. The van der Waals surface area contributed by atoms with Crippen LogP contribution in [0.1, 0.15) is 25.0 Å². The molecule has 0 radical (unpaired) electrons. The lowest BCUT2D eigenvalue weighted by molar-refractivity contribution is 0.104. The number of aliphatic hydroxyl groups excluding tert-OH is 2. The zero-order valence-corrected chi connectivity index (χ0v) is 11.3. The van der Waals surface area contributed by atoms with Gasteiger partial charge in [0, 0.05) is 18.1 Å². The van der Waals surface area contributed by atoms with E-state index in [-0.39, 0.29) is 6.10 Å². The van der Waals surface area contributed by atoms with Gasteiger partial charge in [-0.15, -0.1) is 0 Å². The van der Waals surface area contributed by atoms with Crippen molar-refractivity contribution in [3.63, 3.8) is 0 Å². The van der Waals surface area contributed by atoms with E-state index >= 15 is 0 Å². The number of benzene rings is 1. The average Bonchev–Trinajstić information content (AvgIpc) is 2.77. The maximum Gasteiger partial charge on any atom is 0.0917 e. The van der Waals surface area contributed by atoms with Gasteiger partial charge in [0.15, 0.2) is 0 Å². The molecular formula is C14H20ClNO2. The Hall–Kier alpha value is -0.610. The molecule has 0 bridgehead atoms. The SMILES string of the molecule is CC(O)C1CCN(CC(O)c2cccc(Cl)c2)C1. The Morgan fingerprint density at radius 2 is 2.22 bits per heavy atom. The number of aliphatic hydroxyl groups is 2. The molecule has 1 aromatic rings. The number of likely N-dealkylation sites (tertiary alicyclic amines) is 1. The van der Waals surface area contributed by atoms with Crippen molar-refractivity contribution in [1.82, 2.24) is 4.90 Å². The topological polar surface area (TPSA) is 43.7 Å². The van der Waals surface area contributed by atoms with E-state index in [9.17, 15) is 10.2 Å². The summed E-state index contributed by atoms with van der Waals surface area (Å²) in [7, 11) is 0. The molecule has 4 heteroatoms. The monoisotopic (exact) mass is 269 g/mol. The number of hydrogen-bond donors (Lipinski definition) is 2. The average molecular weight is 270 g/mol. The minimum atomic E-state index is -0.517. The van der Waals surface area contributed by atoms with Gasteiger partial charge in [-0.05, 0) is 43.5 Å². The van der Waals surface area contributed by atoms with Crippen LogP contribution in [0.25, 0.3) is 0 Å². The lowest BCUT2D eigenvalue weighted by Crippen LogP contribution is -2.28. The maximum atomic E-state index is 10.2. The van der Waals surface area contributed by atoms with Gasteiger partial charge < -0.3 is 15.1 Å². The summed E-state index contributed by atoms with van der Waals surface area (Å²) in [6.07, 6.45) is 0.217. The van der Waals surface area contributed by atoms with Crippen LogP contribution in [0, 0.1) is 5.92 Å². The Bertz CT molecular complexity index is 397. The molecule has 2 rings (SSSR count). The molecule has 0 saturated carbocycles. The van der Waals surface area contributed by atoms with E-state index in [4.69, 9.17) is 11.6 Å². The van der Waals surface area contributed by atoms with E-state index in [0.29, 0.717) is 17.5 Å². The van der Waals surface area contributed by atoms with Gasteiger partial charge in [-0.3, -0.25) is 0 Å². The van der Waals surface area contributed by atoms with Crippen molar-refractivity contribution in [2.75, 3.05) is 19.6 Å². The Labute approximate surface area is 113 Å². The highest BCUT2D eigenvalue weighted by atomic mass is 35.5. The van der Waals surface area contributed by atoms with Gasteiger partial charge in [0.05, 0.1) is 12.2 Å². The molecule has 1 heterocycles. The Kier molecular flexibility index (Phi) is 4.62. The molecule has 1 aromatic carbocycles. The third-order valence-corrected chi connectivity index (χ3v) is 3.89. The molecule has 1 aliphatic heterocycles. The molecule has 100 valence electrons. The lowest BCUT2D eigenvalue weighted by atomic mass is 10.0. The summed E-state index contributed by atoms with van der Waals surface area (Å²) in [4.78, 5) is 2.20. The molecule has 0 spiro atoms. The molecule has 3 nitrogen and oxygen atoms in total. The highest BCUT2D eigenvalue weighted by molar-refractivity contribution is 6.30. The third kappa shape index (κ3) is 3.45. The molecule has 2 N–H and O–H groups in total. The molecule has 1 fully saturated rings. The second-order valence-electron chi connectivity index (χ2n) is 5.12. The predicted octanol–water partition coefficient (Wildman–Crippen LogP) is 2.08. The van der Waals surface area contributed by atoms with Gasteiger partial charge >= 0.3 is 0 Å². The summed E-state index contributed by atoms with van der Waals surface area (Å²) in [5, 5.41) is 20.4. The molecule has 1 saturated heterocycles. The fourth-order valence-electron chi connectivity index (χ4n) is 2.49.